The largest absolute Gasteiger partial charge is 0.330 e. The summed E-state index contributed by atoms with van der Waals surface area (Å²) in [5, 5.41) is 8.27. The van der Waals surface area contributed by atoms with Crippen molar-refractivity contribution in [1.82, 2.24) is 15.0 Å². The molecule has 2 heterocycles. The lowest BCUT2D eigenvalue weighted by atomic mass is 10.2. The van der Waals surface area contributed by atoms with E-state index in [1.165, 1.54) is 9.75 Å². The van der Waals surface area contributed by atoms with Crippen LogP contribution in [0.25, 0.3) is 0 Å². The molecule has 0 saturated heterocycles. The summed E-state index contributed by atoms with van der Waals surface area (Å²) in [4.78, 5) is 2.75. The average Bonchev–Trinajstić information content (AvgIpc) is 2.96. The Bertz CT molecular complexity index is 461. The van der Waals surface area contributed by atoms with Gasteiger partial charge in [-0.3, -0.25) is 0 Å². The number of aryl methyl sites for hydroxylation is 2. The lowest BCUT2D eigenvalue weighted by Gasteiger charge is -1.95. The maximum absolute atomic E-state index is 5.47. The van der Waals surface area contributed by atoms with Crippen molar-refractivity contribution < 1.29 is 0 Å². The number of aromatic nitrogens is 3. The number of nitrogens with zero attached hydrogens (tertiary/aromatic N) is 3. The summed E-state index contributed by atoms with van der Waals surface area (Å²) in [6, 6.07) is 4.36. The first-order chi connectivity index (χ1) is 8.31. The van der Waals surface area contributed by atoms with Crippen molar-refractivity contribution in [2.24, 2.45) is 5.73 Å². The summed E-state index contributed by atoms with van der Waals surface area (Å²) in [5.41, 5.74) is 6.50. The van der Waals surface area contributed by atoms with Gasteiger partial charge in [-0.25, -0.2) is 4.68 Å². The standard InChI is InChI=1S/C12H18N4S/c1-2-11-5-6-12(17-11)9-16-8-10(14-15-16)4-3-7-13/h5-6,8H,2-4,7,9,13H2,1H3. The van der Waals surface area contributed by atoms with Crippen LogP contribution in [0.4, 0.5) is 0 Å². The topological polar surface area (TPSA) is 56.7 Å². The molecule has 0 aliphatic heterocycles. The lowest BCUT2D eigenvalue weighted by Crippen LogP contribution is -2.00. The van der Waals surface area contributed by atoms with Gasteiger partial charge in [-0.15, -0.1) is 16.4 Å². The summed E-state index contributed by atoms with van der Waals surface area (Å²) >= 11 is 1.85. The third-order valence-corrected chi connectivity index (χ3v) is 3.82. The molecule has 2 rings (SSSR count). The van der Waals surface area contributed by atoms with E-state index >= 15 is 0 Å². The monoisotopic (exact) mass is 250 g/mol. The van der Waals surface area contributed by atoms with Gasteiger partial charge in [-0.2, -0.15) is 0 Å². The predicted octanol–water partition coefficient (Wildman–Crippen LogP) is 1.84. The number of thiophene rings is 1. The van der Waals surface area contributed by atoms with E-state index < -0.39 is 0 Å². The van der Waals surface area contributed by atoms with Crippen molar-refractivity contribution in [3.8, 4) is 0 Å². The average molecular weight is 250 g/mol. The van der Waals surface area contributed by atoms with Crippen molar-refractivity contribution in [3.63, 3.8) is 0 Å². The molecule has 17 heavy (non-hydrogen) atoms. The molecule has 2 aromatic rings. The van der Waals surface area contributed by atoms with E-state index in [0.29, 0.717) is 6.54 Å². The van der Waals surface area contributed by atoms with Gasteiger partial charge in [0.05, 0.1) is 12.2 Å². The van der Waals surface area contributed by atoms with Crippen molar-refractivity contribution in [2.45, 2.75) is 32.7 Å². The van der Waals surface area contributed by atoms with Crippen LogP contribution in [0.15, 0.2) is 18.3 Å². The highest BCUT2D eigenvalue weighted by Crippen LogP contribution is 2.17. The van der Waals surface area contributed by atoms with Crippen molar-refractivity contribution in [1.29, 1.82) is 0 Å². The molecule has 92 valence electrons. The highest BCUT2D eigenvalue weighted by Gasteiger charge is 2.03. The predicted molar refractivity (Wildman–Crippen MR) is 70.2 cm³/mol. The molecular weight excluding hydrogens is 232 g/mol. The van der Waals surface area contributed by atoms with Crippen molar-refractivity contribution in [3.05, 3.63) is 33.8 Å². The van der Waals surface area contributed by atoms with Crippen LogP contribution < -0.4 is 5.73 Å². The molecular formula is C12H18N4S. The summed E-state index contributed by atoms with van der Waals surface area (Å²) in [6.07, 6.45) is 5.00. The van der Waals surface area contributed by atoms with E-state index in [1.807, 2.05) is 22.2 Å². The Morgan fingerprint density at radius 1 is 1.35 bits per heavy atom. The zero-order valence-corrected chi connectivity index (χ0v) is 10.9. The first kappa shape index (κ1) is 12.3. The molecule has 0 fully saturated rings. The maximum atomic E-state index is 5.47. The van der Waals surface area contributed by atoms with E-state index in [0.717, 1.165) is 31.5 Å². The van der Waals surface area contributed by atoms with Crippen LogP contribution in [0.3, 0.4) is 0 Å². The second-order valence-corrected chi connectivity index (χ2v) is 5.27. The second-order valence-electron chi connectivity index (χ2n) is 4.02. The molecule has 0 aromatic carbocycles. The van der Waals surface area contributed by atoms with E-state index in [4.69, 9.17) is 5.73 Å². The molecule has 0 spiro atoms. The fourth-order valence-corrected chi connectivity index (χ4v) is 2.62. The van der Waals surface area contributed by atoms with E-state index in [9.17, 15) is 0 Å². The quantitative estimate of drug-likeness (QED) is 0.851. The van der Waals surface area contributed by atoms with Crippen molar-refractivity contribution >= 4 is 11.3 Å². The Labute approximate surface area is 105 Å². The first-order valence-electron chi connectivity index (χ1n) is 5.98. The number of hydrogen-bond donors (Lipinski definition) is 1. The molecule has 0 bridgehead atoms. The molecule has 5 heteroatoms. The Balaban J connectivity index is 1.96. The molecule has 0 unspecified atom stereocenters. The van der Waals surface area contributed by atoms with Crippen LogP contribution in [-0.2, 0) is 19.4 Å². The van der Waals surface area contributed by atoms with Crippen molar-refractivity contribution in [2.75, 3.05) is 6.54 Å². The molecule has 0 radical (unpaired) electrons. The normalized spacial score (nSPS) is 10.9. The Morgan fingerprint density at radius 3 is 2.88 bits per heavy atom. The smallest absolute Gasteiger partial charge is 0.0827 e. The summed E-state index contributed by atoms with van der Waals surface area (Å²) in [6.45, 7) is 3.70. The van der Waals surface area contributed by atoms with E-state index in [1.54, 1.807) is 0 Å². The lowest BCUT2D eigenvalue weighted by molar-refractivity contribution is 0.655. The van der Waals surface area contributed by atoms with Crippen LogP contribution in [0.5, 0.6) is 0 Å². The molecule has 4 nitrogen and oxygen atoms in total. The van der Waals surface area contributed by atoms with Crippen LogP contribution in [-0.4, -0.2) is 21.5 Å². The second kappa shape index (κ2) is 5.93. The summed E-state index contributed by atoms with van der Waals surface area (Å²) in [7, 11) is 0. The number of rotatable bonds is 6. The molecule has 0 amide bonds. The van der Waals surface area contributed by atoms with E-state index in [-0.39, 0.29) is 0 Å². The van der Waals surface area contributed by atoms with Gasteiger partial charge in [0.2, 0.25) is 0 Å². The van der Waals surface area contributed by atoms with Crippen LogP contribution in [0.2, 0.25) is 0 Å². The third-order valence-electron chi connectivity index (χ3n) is 2.61. The van der Waals surface area contributed by atoms with E-state index in [2.05, 4.69) is 29.4 Å². The minimum absolute atomic E-state index is 0.706. The first-order valence-corrected chi connectivity index (χ1v) is 6.80. The van der Waals surface area contributed by atoms with Crippen LogP contribution in [0.1, 0.15) is 28.8 Å². The SMILES string of the molecule is CCc1ccc(Cn2cc(CCCN)nn2)s1. The fraction of sp³-hybridized carbons (Fsp3) is 0.500. The van der Waals surface area contributed by atoms with Gasteiger partial charge in [-0.05, 0) is 37.9 Å². The van der Waals surface area contributed by atoms with Gasteiger partial charge < -0.3 is 5.73 Å². The highest BCUT2D eigenvalue weighted by molar-refractivity contribution is 7.11. The van der Waals surface area contributed by atoms with Gasteiger partial charge in [0.1, 0.15) is 0 Å². The number of nitrogens with two attached hydrogens (primary N) is 1. The molecule has 0 atom stereocenters. The zero-order chi connectivity index (χ0) is 12.1. The fourth-order valence-electron chi connectivity index (χ4n) is 1.67. The maximum Gasteiger partial charge on any atom is 0.0827 e. The van der Waals surface area contributed by atoms with Gasteiger partial charge in [0, 0.05) is 16.0 Å². The minimum Gasteiger partial charge on any atom is -0.330 e. The summed E-state index contributed by atoms with van der Waals surface area (Å²) < 4.78 is 1.90. The number of hydrogen-bond acceptors (Lipinski definition) is 4. The van der Waals surface area contributed by atoms with Crippen LogP contribution in [0, 0.1) is 0 Å². The Kier molecular flexibility index (Phi) is 4.28. The third kappa shape index (κ3) is 3.38. The molecule has 0 saturated carbocycles. The van der Waals surface area contributed by atoms with Gasteiger partial charge in [0.15, 0.2) is 0 Å². The van der Waals surface area contributed by atoms with Gasteiger partial charge >= 0.3 is 0 Å². The van der Waals surface area contributed by atoms with Crippen LogP contribution >= 0.6 is 11.3 Å². The Hall–Kier alpha value is -1.20. The van der Waals surface area contributed by atoms with Gasteiger partial charge in [-0.1, -0.05) is 12.1 Å². The molecule has 2 aromatic heterocycles. The zero-order valence-electron chi connectivity index (χ0n) is 10.1. The molecule has 0 aliphatic carbocycles. The molecule has 2 N–H and O–H groups in total. The Morgan fingerprint density at radius 2 is 2.18 bits per heavy atom. The van der Waals surface area contributed by atoms with Gasteiger partial charge in [0.25, 0.3) is 0 Å². The summed E-state index contributed by atoms with van der Waals surface area (Å²) in [5.74, 6) is 0. The minimum atomic E-state index is 0.706. The highest BCUT2D eigenvalue weighted by atomic mass is 32.1. The molecule has 0 aliphatic rings.